The molecule has 0 aliphatic heterocycles. The van der Waals surface area contributed by atoms with Gasteiger partial charge in [0, 0.05) is 10.1 Å². The first-order valence-electron chi connectivity index (χ1n) is 5.29. The Morgan fingerprint density at radius 3 is 2.69 bits per heavy atom. The van der Waals surface area contributed by atoms with Crippen LogP contribution in [0.5, 0.6) is 0 Å². The molecule has 0 spiro atoms. The molecule has 1 heterocycles. The third-order valence-electron chi connectivity index (χ3n) is 2.45. The zero-order valence-corrected chi connectivity index (χ0v) is 10.6. The highest BCUT2D eigenvalue weighted by Crippen LogP contribution is 2.26. The van der Waals surface area contributed by atoms with Crippen LogP contribution in [0.1, 0.15) is 20.8 Å². The van der Waals surface area contributed by atoms with Gasteiger partial charge in [0.15, 0.2) is 0 Å². The van der Waals surface area contributed by atoms with Gasteiger partial charge in [-0.2, -0.15) is 0 Å². The van der Waals surface area contributed by atoms with Crippen LogP contribution in [-0.2, 0) is 0 Å². The van der Waals surface area contributed by atoms with Crippen molar-refractivity contribution in [3.8, 4) is 0 Å². The molecular weight excluding hydrogens is 216 g/mol. The number of fused-ring (bicyclic) bond motifs is 1. The molecule has 0 saturated heterocycles. The van der Waals surface area contributed by atoms with Gasteiger partial charge in [0.1, 0.15) is 5.84 Å². The normalized spacial score (nSPS) is 13.3. The SMILES string of the molecule is CC(C)(C)C(N)=Nc1ccc2sccc2c1. The second-order valence-electron chi connectivity index (χ2n) is 4.89. The summed E-state index contributed by atoms with van der Waals surface area (Å²) in [7, 11) is 0. The van der Waals surface area contributed by atoms with Crippen molar-refractivity contribution in [2.75, 3.05) is 0 Å². The Balaban J connectivity index is 2.41. The van der Waals surface area contributed by atoms with Gasteiger partial charge in [-0.1, -0.05) is 20.8 Å². The number of aliphatic imine (C=N–C) groups is 1. The first-order chi connectivity index (χ1) is 7.47. The molecule has 0 radical (unpaired) electrons. The van der Waals surface area contributed by atoms with Gasteiger partial charge in [-0.15, -0.1) is 11.3 Å². The van der Waals surface area contributed by atoms with E-state index in [4.69, 9.17) is 5.73 Å². The molecule has 0 fully saturated rings. The molecule has 2 rings (SSSR count). The molecule has 0 bridgehead atoms. The highest BCUT2D eigenvalue weighted by molar-refractivity contribution is 7.17. The number of thiophene rings is 1. The van der Waals surface area contributed by atoms with Crippen LogP contribution in [0.2, 0.25) is 0 Å². The predicted molar refractivity (Wildman–Crippen MR) is 72.6 cm³/mol. The minimum absolute atomic E-state index is 0.0798. The minimum atomic E-state index is -0.0798. The molecule has 2 aromatic rings. The van der Waals surface area contributed by atoms with E-state index >= 15 is 0 Å². The maximum Gasteiger partial charge on any atom is 0.105 e. The number of rotatable bonds is 1. The highest BCUT2D eigenvalue weighted by Gasteiger charge is 2.15. The van der Waals surface area contributed by atoms with Gasteiger partial charge < -0.3 is 5.73 Å². The number of amidine groups is 1. The van der Waals surface area contributed by atoms with Crippen molar-refractivity contribution >= 4 is 32.9 Å². The van der Waals surface area contributed by atoms with E-state index in [1.807, 2.05) is 6.07 Å². The summed E-state index contributed by atoms with van der Waals surface area (Å²) in [6, 6.07) is 8.28. The van der Waals surface area contributed by atoms with Crippen molar-refractivity contribution in [3.63, 3.8) is 0 Å². The molecule has 0 aliphatic carbocycles. The van der Waals surface area contributed by atoms with E-state index in [0.717, 1.165) is 5.69 Å². The van der Waals surface area contributed by atoms with Gasteiger partial charge in [-0.3, -0.25) is 0 Å². The second-order valence-corrected chi connectivity index (χ2v) is 5.84. The molecule has 1 aromatic heterocycles. The fourth-order valence-electron chi connectivity index (χ4n) is 1.33. The van der Waals surface area contributed by atoms with Crippen molar-refractivity contribution in [2.45, 2.75) is 20.8 Å². The third-order valence-corrected chi connectivity index (χ3v) is 3.35. The van der Waals surface area contributed by atoms with Gasteiger partial charge in [0.2, 0.25) is 0 Å². The molecule has 2 N–H and O–H groups in total. The van der Waals surface area contributed by atoms with Gasteiger partial charge in [-0.05, 0) is 35.0 Å². The van der Waals surface area contributed by atoms with Crippen molar-refractivity contribution in [1.29, 1.82) is 0 Å². The summed E-state index contributed by atoms with van der Waals surface area (Å²) in [5.41, 5.74) is 6.80. The molecule has 0 amide bonds. The quantitative estimate of drug-likeness (QED) is 0.587. The Kier molecular flexibility index (Phi) is 2.72. The van der Waals surface area contributed by atoms with E-state index in [-0.39, 0.29) is 5.41 Å². The zero-order valence-electron chi connectivity index (χ0n) is 9.82. The number of hydrogen-bond acceptors (Lipinski definition) is 2. The Labute approximate surface area is 99.8 Å². The molecule has 0 saturated carbocycles. The largest absolute Gasteiger partial charge is 0.387 e. The Morgan fingerprint density at radius 2 is 2.00 bits per heavy atom. The first-order valence-corrected chi connectivity index (χ1v) is 6.17. The van der Waals surface area contributed by atoms with E-state index in [9.17, 15) is 0 Å². The molecule has 3 heteroatoms. The topological polar surface area (TPSA) is 38.4 Å². The Hall–Kier alpha value is -1.35. The van der Waals surface area contributed by atoms with Crippen LogP contribution >= 0.6 is 11.3 Å². The molecule has 16 heavy (non-hydrogen) atoms. The van der Waals surface area contributed by atoms with Gasteiger partial charge >= 0.3 is 0 Å². The van der Waals surface area contributed by atoms with Gasteiger partial charge in [-0.25, -0.2) is 4.99 Å². The molecule has 84 valence electrons. The summed E-state index contributed by atoms with van der Waals surface area (Å²) in [4.78, 5) is 4.46. The maximum absolute atomic E-state index is 5.95. The Bertz CT molecular complexity index is 532. The summed E-state index contributed by atoms with van der Waals surface area (Å²) in [5.74, 6) is 0.669. The van der Waals surface area contributed by atoms with Crippen LogP contribution in [-0.4, -0.2) is 5.84 Å². The van der Waals surface area contributed by atoms with Crippen LogP contribution < -0.4 is 5.73 Å². The van der Waals surface area contributed by atoms with Crippen LogP contribution in [0.4, 0.5) is 5.69 Å². The molecule has 0 unspecified atom stereocenters. The van der Waals surface area contributed by atoms with E-state index in [1.165, 1.54) is 10.1 Å². The maximum atomic E-state index is 5.95. The summed E-state index contributed by atoms with van der Waals surface area (Å²) in [6.07, 6.45) is 0. The molecule has 0 aliphatic rings. The van der Waals surface area contributed by atoms with Crippen LogP contribution in [0.25, 0.3) is 10.1 Å². The van der Waals surface area contributed by atoms with Crippen LogP contribution in [0, 0.1) is 5.41 Å². The van der Waals surface area contributed by atoms with Crippen molar-refractivity contribution in [3.05, 3.63) is 29.6 Å². The lowest BCUT2D eigenvalue weighted by Gasteiger charge is -2.17. The fourth-order valence-corrected chi connectivity index (χ4v) is 2.10. The minimum Gasteiger partial charge on any atom is -0.387 e. The lowest BCUT2D eigenvalue weighted by atomic mass is 9.95. The van der Waals surface area contributed by atoms with Gasteiger partial charge in [0.25, 0.3) is 0 Å². The van der Waals surface area contributed by atoms with E-state index in [0.29, 0.717) is 5.84 Å². The summed E-state index contributed by atoms with van der Waals surface area (Å²) < 4.78 is 1.29. The van der Waals surface area contributed by atoms with E-state index in [2.05, 4.69) is 49.3 Å². The number of benzene rings is 1. The smallest absolute Gasteiger partial charge is 0.105 e. The molecule has 2 nitrogen and oxygen atoms in total. The van der Waals surface area contributed by atoms with Crippen LogP contribution in [0.3, 0.4) is 0 Å². The van der Waals surface area contributed by atoms with Crippen LogP contribution in [0.15, 0.2) is 34.6 Å². The molecule has 1 aromatic carbocycles. The van der Waals surface area contributed by atoms with E-state index < -0.39 is 0 Å². The number of hydrogen-bond donors (Lipinski definition) is 1. The molecular formula is C13H16N2S. The number of nitrogens with two attached hydrogens (primary N) is 1. The summed E-state index contributed by atoms with van der Waals surface area (Å²) in [5, 5.41) is 3.32. The molecule has 0 atom stereocenters. The first kappa shape index (κ1) is 11.1. The standard InChI is InChI=1S/C13H16N2S/c1-13(2,3)12(14)15-10-4-5-11-9(8-10)6-7-16-11/h4-8H,1-3H3,(H2,14,15). The predicted octanol–water partition coefficient (Wildman–Crippen LogP) is 3.94. The van der Waals surface area contributed by atoms with E-state index in [1.54, 1.807) is 11.3 Å². The average molecular weight is 232 g/mol. The number of nitrogens with zero attached hydrogens (tertiary/aromatic N) is 1. The lowest BCUT2D eigenvalue weighted by Crippen LogP contribution is -2.28. The Morgan fingerprint density at radius 1 is 1.25 bits per heavy atom. The second kappa shape index (κ2) is 3.91. The zero-order chi connectivity index (χ0) is 11.8. The van der Waals surface area contributed by atoms with Crippen molar-refractivity contribution in [2.24, 2.45) is 16.1 Å². The van der Waals surface area contributed by atoms with Gasteiger partial charge in [0.05, 0.1) is 5.69 Å². The third kappa shape index (κ3) is 2.25. The van der Waals surface area contributed by atoms with Crippen molar-refractivity contribution < 1.29 is 0 Å². The van der Waals surface area contributed by atoms with Crippen molar-refractivity contribution in [1.82, 2.24) is 0 Å². The fraction of sp³-hybridized carbons (Fsp3) is 0.308. The lowest BCUT2D eigenvalue weighted by molar-refractivity contribution is 0.585. The average Bonchev–Trinajstić information content (AvgIpc) is 2.63. The highest BCUT2D eigenvalue weighted by atomic mass is 32.1. The summed E-state index contributed by atoms with van der Waals surface area (Å²) >= 11 is 1.74. The monoisotopic (exact) mass is 232 g/mol. The summed E-state index contributed by atoms with van der Waals surface area (Å²) in [6.45, 7) is 6.19.